The maximum Gasteiger partial charge on any atom is 0.0290 e. The zero-order valence-electron chi connectivity index (χ0n) is 13.0. The van der Waals surface area contributed by atoms with E-state index in [0.29, 0.717) is 6.54 Å². The van der Waals surface area contributed by atoms with Gasteiger partial charge in [0.2, 0.25) is 0 Å². The van der Waals surface area contributed by atoms with Gasteiger partial charge in [-0.25, -0.2) is 0 Å². The van der Waals surface area contributed by atoms with Crippen molar-refractivity contribution in [1.29, 1.82) is 0 Å². The molecular formula is C16H29N3. The van der Waals surface area contributed by atoms with Crippen LogP contribution in [0, 0.1) is 13.8 Å². The van der Waals surface area contributed by atoms with Crippen molar-refractivity contribution in [3.05, 3.63) is 34.4 Å². The van der Waals surface area contributed by atoms with Crippen LogP contribution >= 0.6 is 0 Å². The monoisotopic (exact) mass is 263 g/mol. The first-order chi connectivity index (χ1) is 8.75. The fraction of sp³-hybridized carbons (Fsp3) is 0.625. The van der Waals surface area contributed by atoms with Gasteiger partial charge in [-0.05, 0) is 41.5 Å². The van der Waals surface area contributed by atoms with Crippen molar-refractivity contribution in [3.8, 4) is 0 Å². The Labute approximate surface area is 117 Å². The standard InChI is InChI=1S/C16H29N3/c1-11-6-13(16(3,4)5)7-12(2)15(11)10-19-9-14(18)8-17/h6-7,14,19H,8-10,17-18H2,1-5H3. The molecule has 3 heteroatoms. The Morgan fingerprint density at radius 1 is 1.16 bits per heavy atom. The van der Waals surface area contributed by atoms with Gasteiger partial charge in [-0.15, -0.1) is 0 Å². The summed E-state index contributed by atoms with van der Waals surface area (Å²) in [6.45, 7) is 13.3. The molecule has 0 aromatic heterocycles. The van der Waals surface area contributed by atoms with Crippen LogP contribution in [0.1, 0.15) is 43.0 Å². The van der Waals surface area contributed by atoms with Gasteiger partial charge in [-0.1, -0.05) is 32.9 Å². The van der Waals surface area contributed by atoms with E-state index in [1.807, 2.05) is 0 Å². The van der Waals surface area contributed by atoms with Gasteiger partial charge < -0.3 is 16.8 Å². The van der Waals surface area contributed by atoms with E-state index in [1.165, 1.54) is 22.3 Å². The van der Waals surface area contributed by atoms with Crippen LogP contribution < -0.4 is 16.8 Å². The van der Waals surface area contributed by atoms with Crippen LogP contribution in [0.15, 0.2) is 12.1 Å². The fourth-order valence-electron chi connectivity index (χ4n) is 2.17. The molecule has 1 atom stereocenters. The first kappa shape index (κ1) is 16.2. The third kappa shape index (κ3) is 4.60. The minimum Gasteiger partial charge on any atom is -0.329 e. The molecule has 0 aliphatic carbocycles. The second-order valence-electron chi connectivity index (χ2n) is 6.47. The van der Waals surface area contributed by atoms with Gasteiger partial charge >= 0.3 is 0 Å². The van der Waals surface area contributed by atoms with Crippen molar-refractivity contribution in [1.82, 2.24) is 5.32 Å². The van der Waals surface area contributed by atoms with Gasteiger partial charge in [-0.2, -0.15) is 0 Å². The molecule has 1 rings (SSSR count). The Kier molecular flexibility index (Phi) is 5.53. The number of hydrogen-bond donors (Lipinski definition) is 3. The van der Waals surface area contributed by atoms with E-state index in [1.54, 1.807) is 0 Å². The third-order valence-corrected chi connectivity index (χ3v) is 3.57. The van der Waals surface area contributed by atoms with E-state index in [2.05, 4.69) is 52.1 Å². The molecule has 0 aliphatic heterocycles. The lowest BCUT2D eigenvalue weighted by Gasteiger charge is -2.22. The minimum absolute atomic E-state index is 0.0365. The van der Waals surface area contributed by atoms with Crippen LogP contribution in [0.4, 0.5) is 0 Å². The lowest BCUT2D eigenvalue weighted by Crippen LogP contribution is -2.39. The van der Waals surface area contributed by atoms with Gasteiger partial charge in [0.05, 0.1) is 0 Å². The van der Waals surface area contributed by atoms with E-state index in [9.17, 15) is 0 Å². The van der Waals surface area contributed by atoms with Crippen LogP contribution in [-0.2, 0) is 12.0 Å². The van der Waals surface area contributed by atoms with E-state index in [0.717, 1.165) is 13.1 Å². The molecule has 1 aromatic rings. The van der Waals surface area contributed by atoms with Gasteiger partial charge in [0, 0.05) is 25.7 Å². The number of rotatable bonds is 5. The Morgan fingerprint density at radius 2 is 1.68 bits per heavy atom. The highest BCUT2D eigenvalue weighted by Gasteiger charge is 2.16. The first-order valence-electron chi connectivity index (χ1n) is 7.02. The smallest absolute Gasteiger partial charge is 0.0290 e. The second kappa shape index (κ2) is 6.51. The van der Waals surface area contributed by atoms with Crippen LogP contribution in [0.2, 0.25) is 0 Å². The average Bonchev–Trinajstić information content (AvgIpc) is 2.30. The summed E-state index contributed by atoms with van der Waals surface area (Å²) in [4.78, 5) is 0. The summed E-state index contributed by atoms with van der Waals surface area (Å²) < 4.78 is 0. The highest BCUT2D eigenvalue weighted by Crippen LogP contribution is 2.26. The summed E-state index contributed by atoms with van der Waals surface area (Å²) in [5.74, 6) is 0. The number of benzene rings is 1. The SMILES string of the molecule is Cc1cc(C(C)(C)C)cc(C)c1CNCC(N)CN. The number of nitrogens with two attached hydrogens (primary N) is 2. The van der Waals surface area contributed by atoms with Crippen molar-refractivity contribution in [3.63, 3.8) is 0 Å². The Hall–Kier alpha value is -0.900. The summed E-state index contributed by atoms with van der Waals surface area (Å²) in [6, 6.07) is 4.63. The molecule has 0 bridgehead atoms. The summed E-state index contributed by atoms with van der Waals surface area (Å²) in [6.07, 6.45) is 0. The normalized spacial score (nSPS) is 13.6. The van der Waals surface area contributed by atoms with Crippen LogP contribution in [-0.4, -0.2) is 19.1 Å². The molecule has 0 radical (unpaired) electrons. The molecule has 5 N–H and O–H groups in total. The molecule has 108 valence electrons. The lowest BCUT2D eigenvalue weighted by molar-refractivity contribution is 0.576. The Morgan fingerprint density at radius 3 is 2.11 bits per heavy atom. The minimum atomic E-state index is 0.0365. The Bertz CT molecular complexity index is 395. The topological polar surface area (TPSA) is 64.1 Å². The van der Waals surface area contributed by atoms with Crippen molar-refractivity contribution >= 4 is 0 Å². The van der Waals surface area contributed by atoms with Crippen molar-refractivity contribution in [2.45, 2.75) is 52.6 Å². The molecule has 0 aliphatic rings. The van der Waals surface area contributed by atoms with Crippen LogP contribution in [0.5, 0.6) is 0 Å². The highest BCUT2D eigenvalue weighted by molar-refractivity contribution is 5.40. The van der Waals surface area contributed by atoms with E-state index >= 15 is 0 Å². The number of aryl methyl sites for hydroxylation is 2. The van der Waals surface area contributed by atoms with E-state index in [-0.39, 0.29) is 11.5 Å². The van der Waals surface area contributed by atoms with E-state index in [4.69, 9.17) is 11.5 Å². The van der Waals surface area contributed by atoms with Gasteiger partial charge in [0.1, 0.15) is 0 Å². The second-order valence-corrected chi connectivity index (χ2v) is 6.47. The average molecular weight is 263 g/mol. The number of nitrogens with one attached hydrogen (secondary N) is 1. The fourth-order valence-corrected chi connectivity index (χ4v) is 2.17. The van der Waals surface area contributed by atoms with Crippen molar-refractivity contribution < 1.29 is 0 Å². The molecule has 0 spiro atoms. The molecule has 19 heavy (non-hydrogen) atoms. The molecular weight excluding hydrogens is 234 g/mol. The molecule has 1 unspecified atom stereocenters. The van der Waals surface area contributed by atoms with E-state index < -0.39 is 0 Å². The lowest BCUT2D eigenvalue weighted by atomic mass is 9.84. The molecule has 0 saturated heterocycles. The van der Waals surface area contributed by atoms with Gasteiger partial charge in [0.15, 0.2) is 0 Å². The van der Waals surface area contributed by atoms with Crippen molar-refractivity contribution in [2.75, 3.05) is 13.1 Å². The molecule has 1 aromatic carbocycles. The van der Waals surface area contributed by atoms with Gasteiger partial charge in [-0.3, -0.25) is 0 Å². The maximum atomic E-state index is 5.81. The van der Waals surface area contributed by atoms with Crippen molar-refractivity contribution in [2.24, 2.45) is 11.5 Å². The van der Waals surface area contributed by atoms with Gasteiger partial charge in [0.25, 0.3) is 0 Å². The third-order valence-electron chi connectivity index (χ3n) is 3.57. The maximum absolute atomic E-state index is 5.81. The summed E-state index contributed by atoms with van der Waals surface area (Å²) >= 11 is 0. The zero-order chi connectivity index (χ0) is 14.6. The van der Waals surface area contributed by atoms with Crippen LogP contribution in [0.3, 0.4) is 0 Å². The first-order valence-corrected chi connectivity index (χ1v) is 7.02. The molecule has 0 heterocycles. The molecule has 0 amide bonds. The predicted molar refractivity (Wildman–Crippen MR) is 83.4 cm³/mol. The highest BCUT2D eigenvalue weighted by atomic mass is 14.9. The Balaban J connectivity index is 2.80. The zero-order valence-corrected chi connectivity index (χ0v) is 13.0. The predicted octanol–water partition coefficient (Wildman–Crippen LogP) is 1.98. The summed E-state index contributed by atoms with van der Waals surface area (Å²) in [5.41, 5.74) is 17.0. The molecule has 3 nitrogen and oxygen atoms in total. The largest absolute Gasteiger partial charge is 0.329 e. The molecule has 0 fully saturated rings. The summed E-state index contributed by atoms with van der Waals surface area (Å²) in [5, 5.41) is 3.39. The quantitative estimate of drug-likeness (QED) is 0.761. The van der Waals surface area contributed by atoms with Crippen LogP contribution in [0.25, 0.3) is 0 Å². The summed E-state index contributed by atoms with van der Waals surface area (Å²) in [7, 11) is 0. The molecule has 0 saturated carbocycles. The number of hydrogen-bond acceptors (Lipinski definition) is 3.